The normalized spacial score (nSPS) is 27.3. The van der Waals surface area contributed by atoms with E-state index in [0.717, 1.165) is 31.5 Å². The molecule has 86 valence electrons. The Hall–Kier alpha value is -0.660. The van der Waals surface area contributed by atoms with Crippen molar-refractivity contribution in [2.75, 3.05) is 13.1 Å². The fourth-order valence-electron chi connectivity index (χ4n) is 2.45. The molecule has 3 heteroatoms. The van der Waals surface area contributed by atoms with Crippen molar-refractivity contribution >= 4 is 6.08 Å². The predicted molar refractivity (Wildman–Crippen MR) is 61.7 cm³/mol. The van der Waals surface area contributed by atoms with Crippen LogP contribution in [0.3, 0.4) is 0 Å². The standard InChI is InChI=1S/C12H22N2O/c1-11-6-5-7-12(2)14(11)9-4-3-8-13-10-15/h11-12H,3-9H2,1-2H3. The van der Waals surface area contributed by atoms with E-state index < -0.39 is 0 Å². The van der Waals surface area contributed by atoms with Crippen molar-refractivity contribution in [2.24, 2.45) is 4.99 Å². The van der Waals surface area contributed by atoms with Gasteiger partial charge < -0.3 is 0 Å². The van der Waals surface area contributed by atoms with Crippen LogP contribution in [0.25, 0.3) is 0 Å². The molecule has 0 N–H and O–H groups in total. The maximum absolute atomic E-state index is 9.87. The Morgan fingerprint density at radius 1 is 1.27 bits per heavy atom. The first-order valence-electron chi connectivity index (χ1n) is 6.05. The molecule has 1 aliphatic heterocycles. The number of hydrogen-bond donors (Lipinski definition) is 0. The van der Waals surface area contributed by atoms with Crippen molar-refractivity contribution in [3.8, 4) is 0 Å². The highest BCUT2D eigenvalue weighted by atomic mass is 16.1. The van der Waals surface area contributed by atoms with Gasteiger partial charge in [0.15, 0.2) is 0 Å². The molecule has 2 atom stereocenters. The molecule has 2 unspecified atom stereocenters. The van der Waals surface area contributed by atoms with E-state index in [2.05, 4.69) is 23.7 Å². The van der Waals surface area contributed by atoms with Gasteiger partial charge >= 0.3 is 0 Å². The molecule has 0 saturated carbocycles. The van der Waals surface area contributed by atoms with Crippen LogP contribution in [0.2, 0.25) is 0 Å². The molecular weight excluding hydrogens is 188 g/mol. The Labute approximate surface area is 92.6 Å². The van der Waals surface area contributed by atoms with Crippen LogP contribution in [0, 0.1) is 0 Å². The maximum Gasteiger partial charge on any atom is 0.234 e. The van der Waals surface area contributed by atoms with Gasteiger partial charge in [-0.1, -0.05) is 6.42 Å². The largest absolute Gasteiger partial charge is 0.298 e. The van der Waals surface area contributed by atoms with Gasteiger partial charge in [0.1, 0.15) is 0 Å². The van der Waals surface area contributed by atoms with E-state index in [1.807, 2.05) is 0 Å². The molecule has 15 heavy (non-hydrogen) atoms. The Morgan fingerprint density at radius 3 is 2.53 bits per heavy atom. The van der Waals surface area contributed by atoms with Gasteiger partial charge in [0.25, 0.3) is 0 Å². The highest BCUT2D eigenvalue weighted by molar-refractivity contribution is 5.32. The molecule has 0 aromatic rings. The Balaban J connectivity index is 2.20. The van der Waals surface area contributed by atoms with Gasteiger partial charge in [0.2, 0.25) is 6.08 Å². The monoisotopic (exact) mass is 210 g/mol. The minimum Gasteiger partial charge on any atom is -0.298 e. The van der Waals surface area contributed by atoms with Gasteiger partial charge in [-0.3, -0.25) is 4.90 Å². The average molecular weight is 210 g/mol. The second kappa shape index (κ2) is 6.76. The topological polar surface area (TPSA) is 32.7 Å². The number of unbranched alkanes of at least 4 members (excludes halogenated alkanes) is 1. The summed E-state index contributed by atoms with van der Waals surface area (Å²) in [6.07, 6.45) is 7.76. The summed E-state index contributed by atoms with van der Waals surface area (Å²) in [6.45, 7) is 6.43. The van der Waals surface area contributed by atoms with Gasteiger partial charge in [-0.05, 0) is 46.1 Å². The van der Waals surface area contributed by atoms with Crippen LogP contribution in [-0.4, -0.2) is 36.2 Å². The average Bonchev–Trinajstić information content (AvgIpc) is 2.21. The number of aliphatic imine (C=N–C) groups is 1. The van der Waals surface area contributed by atoms with Gasteiger partial charge in [0.05, 0.1) is 6.54 Å². The summed E-state index contributed by atoms with van der Waals surface area (Å²) in [7, 11) is 0. The third-order valence-electron chi connectivity index (χ3n) is 3.38. The summed E-state index contributed by atoms with van der Waals surface area (Å²) in [5, 5.41) is 0. The zero-order valence-electron chi connectivity index (χ0n) is 9.91. The van der Waals surface area contributed by atoms with Gasteiger partial charge in [-0.25, -0.2) is 9.79 Å². The minimum absolute atomic E-state index is 0.639. The molecule has 0 amide bonds. The predicted octanol–water partition coefficient (Wildman–Crippen LogP) is 2.37. The quantitative estimate of drug-likeness (QED) is 0.396. The first-order chi connectivity index (χ1) is 7.25. The van der Waals surface area contributed by atoms with Crippen molar-refractivity contribution in [1.82, 2.24) is 4.90 Å². The number of hydrogen-bond acceptors (Lipinski definition) is 3. The molecule has 1 heterocycles. The fraction of sp³-hybridized carbons (Fsp3) is 0.917. The molecule has 0 aliphatic carbocycles. The summed E-state index contributed by atoms with van der Waals surface area (Å²) >= 11 is 0. The number of carbonyl (C=O) groups excluding carboxylic acids is 1. The van der Waals surface area contributed by atoms with Crippen molar-refractivity contribution in [3.63, 3.8) is 0 Å². The molecule has 0 bridgehead atoms. The third-order valence-corrected chi connectivity index (χ3v) is 3.38. The van der Waals surface area contributed by atoms with Crippen LogP contribution in [-0.2, 0) is 4.79 Å². The van der Waals surface area contributed by atoms with E-state index in [4.69, 9.17) is 0 Å². The van der Waals surface area contributed by atoms with E-state index in [1.54, 1.807) is 6.08 Å². The number of isocyanates is 1. The minimum atomic E-state index is 0.639. The number of piperidine rings is 1. The van der Waals surface area contributed by atoms with Gasteiger partial charge in [-0.2, -0.15) is 0 Å². The zero-order chi connectivity index (χ0) is 11.1. The van der Waals surface area contributed by atoms with E-state index in [9.17, 15) is 4.79 Å². The highest BCUT2D eigenvalue weighted by Crippen LogP contribution is 2.22. The number of rotatable bonds is 5. The molecule has 1 rings (SSSR count). The second-order valence-corrected chi connectivity index (χ2v) is 4.55. The lowest BCUT2D eigenvalue weighted by Gasteiger charge is -2.39. The first kappa shape index (κ1) is 12.4. The van der Waals surface area contributed by atoms with Crippen molar-refractivity contribution < 1.29 is 4.79 Å². The molecule has 1 fully saturated rings. The van der Waals surface area contributed by atoms with Gasteiger partial charge in [0, 0.05) is 12.1 Å². The molecule has 1 saturated heterocycles. The first-order valence-corrected chi connectivity index (χ1v) is 6.05. The Kier molecular flexibility index (Phi) is 5.59. The van der Waals surface area contributed by atoms with E-state index in [-0.39, 0.29) is 0 Å². The smallest absolute Gasteiger partial charge is 0.234 e. The van der Waals surface area contributed by atoms with E-state index >= 15 is 0 Å². The summed E-state index contributed by atoms with van der Waals surface area (Å²) in [5.74, 6) is 0. The molecule has 0 aromatic heterocycles. The van der Waals surface area contributed by atoms with Gasteiger partial charge in [-0.15, -0.1) is 0 Å². The fourth-order valence-corrected chi connectivity index (χ4v) is 2.45. The molecule has 0 spiro atoms. The summed E-state index contributed by atoms with van der Waals surface area (Å²) in [6, 6.07) is 1.45. The maximum atomic E-state index is 9.87. The lowest BCUT2D eigenvalue weighted by molar-refractivity contribution is 0.102. The zero-order valence-corrected chi connectivity index (χ0v) is 9.91. The van der Waals surface area contributed by atoms with Crippen molar-refractivity contribution in [2.45, 2.75) is 58.0 Å². The van der Waals surface area contributed by atoms with Crippen LogP contribution in [0.5, 0.6) is 0 Å². The molecule has 1 aliphatic rings. The van der Waals surface area contributed by atoms with E-state index in [0.29, 0.717) is 6.54 Å². The summed E-state index contributed by atoms with van der Waals surface area (Å²) in [5.41, 5.74) is 0. The Bertz CT molecular complexity index is 214. The van der Waals surface area contributed by atoms with E-state index in [1.165, 1.54) is 19.3 Å². The molecule has 0 aromatic carbocycles. The van der Waals surface area contributed by atoms with Crippen molar-refractivity contribution in [1.29, 1.82) is 0 Å². The second-order valence-electron chi connectivity index (χ2n) is 4.55. The third kappa shape index (κ3) is 4.15. The van der Waals surface area contributed by atoms with Crippen LogP contribution in [0.4, 0.5) is 0 Å². The lowest BCUT2D eigenvalue weighted by atomic mass is 9.97. The number of nitrogens with zero attached hydrogens (tertiary/aromatic N) is 2. The van der Waals surface area contributed by atoms with Crippen LogP contribution < -0.4 is 0 Å². The molecule has 0 radical (unpaired) electrons. The highest BCUT2D eigenvalue weighted by Gasteiger charge is 2.23. The lowest BCUT2D eigenvalue weighted by Crippen LogP contribution is -2.44. The SMILES string of the molecule is CC1CCCC(C)N1CCCCN=C=O. The Morgan fingerprint density at radius 2 is 1.93 bits per heavy atom. The number of likely N-dealkylation sites (tertiary alicyclic amines) is 1. The van der Waals surface area contributed by atoms with Crippen LogP contribution in [0.1, 0.15) is 46.0 Å². The summed E-state index contributed by atoms with van der Waals surface area (Å²) < 4.78 is 0. The molecule has 3 nitrogen and oxygen atoms in total. The van der Waals surface area contributed by atoms with Crippen LogP contribution >= 0.6 is 0 Å². The van der Waals surface area contributed by atoms with Crippen molar-refractivity contribution in [3.05, 3.63) is 0 Å². The molecular formula is C12H22N2O. The van der Waals surface area contributed by atoms with Crippen LogP contribution in [0.15, 0.2) is 4.99 Å². The summed E-state index contributed by atoms with van der Waals surface area (Å²) in [4.78, 5) is 16.0.